The number of aliphatic hydroxyl groups is 1. The van der Waals surface area contributed by atoms with Gasteiger partial charge >= 0.3 is 0 Å². The Labute approximate surface area is 73.3 Å². The molecule has 0 aromatic rings. The molecule has 2 N–H and O–H groups in total. The van der Waals surface area contributed by atoms with Gasteiger partial charge in [0, 0.05) is 6.20 Å². The smallest absolute Gasteiger partial charge is 0.134 e. The Bertz CT molecular complexity index is 226. The first kappa shape index (κ1) is 8.91. The van der Waals surface area contributed by atoms with E-state index in [0.717, 1.165) is 25.0 Å². The van der Waals surface area contributed by atoms with Gasteiger partial charge in [-0.3, -0.25) is 0 Å². The Hall–Kier alpha value is -1.18. The standard InChI is InChI=1S/C10H15NO/c1-2-3-6-9-10(12)7-4-5-8-11-9/h4-5,7-8,11-12H,2-3,6H2,1H3. The van der Waals surface area contributed by atoms with Gasteiger partial charge in [-0.05, 0) is 25.0 Å². The number of hydrogen-bond donors (Lipinski definition) is 2. The van der Waals surface area contributed by atoms with Crippen LogP contribution >= 0.6 is 0 Å². The van der Waals surface area contributed by atoms with Crippen molar-refractivity contribution in [3.8, 4) is 0 Å². The van der Waals surface area contributed by atoms with E-state index in [9.17, 15) is 5.11 Å². The predicted molar refractivity (Wildman–Crippen MR) is 50.6 cm³/mol. The van der Waals surface area contributed by atoms with E-state index in [1.54, 1.807) is 6.08 Å². The topological polar surface area (TPSA) is 32.3 Å². The Balaban J connectivity index is 2.58. The number of unbranched alkanes of at least 4 members (excludes halogenated alkanes) is 1. The monoisotopic (exact) mass is 165 g/mol. The minimum absolute atomic E-state index is 0.355. The SMILES string of the molecule is CCCCC1=C(O)C=CC=CN1. The van der Waals surface area contributed by atoms with Crippen LogP contribution < -0.4 is 5.32 Å². The molecule has 0 bridgehead atoms. The molecule has 12 heavy (non-hydrogen) atoms. The van der Waals surface area contributed by atoms with Gasteiger partial charge in [-0.25, -0.2) is 0 Å². The molecular weight excluding hydrogens is 150 g/mol. The third kappa shape index (κ3) is 2.46. The molecule has 1 aliphatic heterocycles. The number of nitrogens with one attached hydrogen (secondary N) is 1. The van der Waals surface area contributed by atoms with E-state index < -0.39 is 0 Å². The molecule has 66 valence electrons. The van der Waals surface area contributed by atoms with Crippen LogP contribution in [0.5, 0.6) is 0 Å². The number of aliphatic hydroxyl groups excluding tert-OH is 1. The molecule has 0 radical (unpaired) electrons. The average Bonchev–Trinajstić information content (AvgIpc) is 2.27. The van der Waals surface area contributed by atoms with E-state index in [1.165, 1.54) is 0 Å². The molecule has 0 aromatic heterocycles. The fourth-order valence-corrected chi connectivity index (χ4v) is 1.08. The molecule has 0 atom stereocenters. The lowest BCUT2D eigenvalue weighted by Gasteiger charge is -2.06. The van der Waals surface area contributed by atoms with Crippen LogP contribution in [0.2, 0.25) is 0 Å². The molecule has 0 fully saturated rings. The first-order chi connectivity index (χ1) is 5.84. The highest BCUT2D eigenvalue weighted by Crippen LogP contribution is 2.10. The third-order valence-electron chi connectivity index (χ3n) is 1.81. The van der Waals surface area contributed by atoms with Crippen LogP contribution in [0.15, 0.2) is 35.9 Å². The Morgan fingerprint density at radius 3 is 3.00 bits per heavy atom. The Kier molecular flexibility index (Phi) is 3.45. The molecule has 0 aromatic carbocycles. The molecule has 1 heterocycles. The zero-order valence-corrected chi connectivity index (χ0v) is 7.38. The molecule has 0 amide bonds. The molecule has 0 saturated carbocycles. The minimum atomic E-state index is 0.355. The van der Waals surface area contributed by atoms with Crippen molar-refractivity contribution in [1.29, 1.82) is 0 Å². The molecule has 2 heteroatoms. The quantitative estimate of drug-likeness (QED) is 0.673. The van der Waals surface area contributed by atoms with Gasteiger partial charge < -0.3 is 10.4 Å². The third-order valence-corrected chi connectivity index (χ3v) is 1.81. The summed E-state index contributed by atoms with van der Waals surface area (Å²) in [6, 6.07) is 0. The van der Waals surface area contributed by atoms with Gasteiger partial charge in [-0.15, -0.1) is 0 Å². The van der Waals surface area contributed by atoms with Crippen LogP contribution in [0.25, 0.3) is 0 Å². The molecular formula is C10H15NO. The van der Waals surface area contributed by atoms with Crippen molar-refractivity contribution in [1.82, 2.24) is 5.32 Å². The lowest BCUT2D eigenvalue weighted by Crippen LogP contribution is -2.06. The van der Waals surface area contributed by atoms with Crippen LogP contribution in [-0.4, -0.2) is 5.11 Å². The van der Waals surface area contributed by atoms with E-state index in [1.807, 2.05) is 18.4 Å². The Morgan fingerprint density at radius 2 is 2.25 bits per heavy atom. The first-order valence-corrected chi connectivity index (χ1v) is 4.36. The van der Waals surface area contributed by atoms with Crippen LogP contribution in [0.3, 0.4) is 0 Å². The number of rotatable bonds is 3. The normalized spacial score (nSPS) is 16.1. The summed E-state index contributed by atoms with van der Waals surface area (Å²) < 4.78 is 0. The molecule has 0 saturated heterocycles. The van der Waals surface area contributed by atoms with Crippen LogP contribution in [0.4, 0.5) is 0 Å². The maximum absolute atomic E-state index is 9.47. The highest BCUT2D eigenvalue weighted by atomic mass is 16.3. The zero-order chi connectivity index (χ0) is 8.81. The van der Waals surface area contributed by atoms with Crippen LogP contribution in [-0.2, 0) is 0 Å². The summed E-state index contributed by atoms with van der Waals surface area (Å²) in [5.74, 6) is 0.355. The predicted octanol–water partition coefficient (Wildman–Crippen LogP) is 2.62. The van der Waals surface area contributed by atoms with Gasteiger partial charge in [0.2, 0.25) is 0 Å². The summed E-state index contributed by atoms with van der Waals surface area (Å²) >= 11 is 0. The fraction of sp³-hybridized carbons (Fsp3) is 0.400. The second kappa shape index (κ2) is 4.65. The van der Waals surface area contributed by atoms with Crippen molar-refractivity contribution in [2.24, 2.45) is 0 Å². The summed E-state index contributed by atoms with van der Waals surface area (Å²) in [6.07, 6.45) is 10.4. The van der Waals surface area contributed by atoms with Crippen molar-refractivity contribution in [3.05, 3.63) is 35.9 Å². The van der Waals surface area contributed by atoms with E-state index in [-0.39, 0.29) is 0 Å². The van der Waals surface area contributed by atoms with Crippen LogP contribution in [0.1, 0.15) is 26.2 Å². The van der Waals surface area contributed by atoms with Crippen LogP contribution in [0, 0.1) is 0 Å². The lowest BCUT2D eigenvalue weighted by molar-refractivity contribution is 0.417. The van der Waals surface area contributed by atoms with E-state index in [0.29, 0.717) is 5.76 Å². The first-order valence-electron chi connectivity index (χ1n) is 4.36. The molecule has 2 nitrogen and oxygen atoms in total. The van der Waals surface area contributed by atoms with Gasteiger partial charge in [0.05, 0.1) is 5.70 Å². The molecule has 0 spiro atoms. The van der Waals surface area contributed by atoms with Gasteiger partial charge in [0.25, 0.3) is 0 Å². The molecule has 0 unspecified atom stereocenters. The summed E-state index contributed by atoms with van der Waals surface area (Å²) in [6.45, 7) is 2.14. The highest BCUT2D eigenvalue weighted by molar-refractivity contribution is 5.25. The Morgan fingerprint density at radius 1 is 1.42 bits per heavy atom. The number of hydrogen-bond acceptors (Lipinski definition) is 2. The van der Waals surface area contributed by atoms with Gasteiger partial charge in [0.15, 0.2) is 0 Å². The second-order valence-electron chi connectivity index (χ2n) is 2.83. The maximum atomic E-state index is 9.47. The number of allylic oxidation sites excluding steroid dienone is 4. The summed E-state index contributed by atoms with van der Waals surface area (Å²) in [7, 11) is 0. The largest absolute Gasteiger partial charge is 0.506 e. The van der Waals surface area contributed by atoms with E-state index in [4.69, 9.17) is 0 Å². The minimum Gasteiger partial charge on any atom is -0.506 e. The lowest BCUT2D eigenvalue weighted by atomic mass is 10.2. The van der Waals surface area contributed by atoms with E-state index in [2.05, 4.69) is 12.2 Å². The van der Waals surface area contributed by atoms with Crippen molar-refractivity contribution >= 4 is 0 Å². The molecule has 1 aliphatic rings. The maximum Gasteiger partial charge on any atom is 0.134 e. The summed E-state index contributed by atoms with van der Waals surface area (Å²) in [5.41, 5.74) is 0.918. The van der Waals surface area contributed by atoms with Crippen molar-refractivity contribution < 1.29 is 5.11 Å². The molecule has 1 rings (SSSR count). The van der Waals surface area contributed by atoms with Crippen molar-refractivity contribution in [3.63, 3.8) is 0 Å². The summed E-state index contributed by atoms with van der Waals surface area (Å²) in [4.78, 5) is 0. The van der Waals surface area contributed by atoms with Gasteiger partial charge in [-0.1, -0.05) is 19.4 Å². The van der Waals surface area contributed by atoms with Crippen molar-refractivity contribution in [2.45, 2.75) is 26.2 Å². The van der Waals surface area contributed by atoms with Gasteiger partial charge in [-0.2, -0.15) is 0 Å². The highest BCUT2D eigenvalue weighted by Gasteiger charge is 2.01. The molecule has 0 aliphatic carbocycles. The van der Waals surface area contributed by atoms with E-state index >= 15 is 0 Å². The van der Waals surface area contributed by atoms with Gasteiger partial charge in [0.1, 0.15) is 5.76 Å². The average molecular weight is 165 g/mol. The summed E-state index contributed by atoms with van der Waals surface area (Å²) in [5, 5.41) is 12.5. The van der Waals surface area contributed by atoms with Crippen molar-refractivity contribution in [2.75, 3.05) is 0 Å². The zero-order valence-electron chi connectivity index (χ0n) is 7.38. The second-order valence-corrected chi connectivity index (χ2v) is 2.83. The fourth-order valence-electron chi connectivity index (χ4n) is 1.08.